The maximum absolute atomic E-state index is 5.98. The summed E-state index contributed by atoms with van der Waals surface area (Å²) in [5, 5.41) is 0. The van der Waals surface area contributed by atoms with E-state index in [4.69, 9.17) is 69.6 Å². The number of anilines is 3. The van der Waals surface area contributed by atoms with Crippen LogP contribution in [0.15, 0.2) is 84.9 Å². The maximum Gasteiger partial charge on any atom is 0.250 e. The molecule has 1 aromatic heterocycles. The molecule has 1 heterocycles. The van der Waals surface area contributed by atoms with E-state index >= 15 is 0 Å². The second kappa shape index (κ2) is 9.83. The lowest BCUT2D eigenvalue weighted by Gasteiger charge is -2.25. The summed E-state index contributed by atoms with van der Waals surface area (Å²) in [5.74, 6) is -0.0682. The summed E-state index contributed by atoms with van der Waals surface area (Å²) >= 11 is 35.9. The van der Waals surface area contributed by atoms with Gasteiger partial charge in [-0.05, 0) is 48.5 Å². The summed E-state index contributed by atoms with van der Waals surface area (Å²) in [4.78, 5) is 14.7. The molecule has 0 radical (unpaired) electrons. The Kier molecular flexibility index (Phi) is 7.25. The molecule has 0 unspecified atom stereocenters. The summed E-state index contributed by atoms with van der Waals surface area (Å²) < 4.78 is -3.83. The van der Waals surface area contributed by atoms with E-state index in [1.165, 1.54) is 0 Å². The molecule has 0 aliphatic rings. The Labute approximate surface area is 221 Å². The van der Waals surface area contributed by atoms with Gasteiger partial charge in [-0.25, -0.2) is 15.0 Å². The first-order chi connectivity index (χ1) is 15.6. The molecule has 0 spiro atoms. The molecule has 4 aromatic rings. The monoisotopic (exact) mass is 556 g/mol. The van der Waals surface area contributed by atoms with Crippen molar-refractivity contribution in [2.75, 3.05) is 4.90 Å². The van der Waals surface area contributed by atoms with Crippen molar-refractivity contribution >= 4 is 86.7 Å². The van der Waals surface area contributed by atoms with Gasteiger partial charge >= 0.3 is 0 Å². The summed E-state index contributed by atoms with van der Waals surface area (Å²) in [6, 6.07) is 27.6. The quantitative estimate of drug-likeness (QED) is 0.235. The Balaban J connectivity index is 1.78. The Morgan fingerprint density at radius 3 is 1.27 bits per heavy atom. The van der Waals surface area contributed by atoms with Gasteiger partial charge in [0.15, 0.2) is 17.5 Å². The fourth-order valence-corrected chi connectivity index (χ4v) is 3.63. The Morgan fingerprint density at radius 1 is 0.485 bits per heavy atom. The van der Waals surface area contributed by atoms with E-state index in [2.05, 4.69) is 19.9 Å². The summed E-state index contributed by atoms with van der Waals surface area (Å²) in [6.07, 6.45) is 0. The van der Waals surface area contributed by atoms with Gasteiger partial charge in [0.1, 0.15) is 0 Å². The standard InChI is InChI=1S/C23H14Cl6N4/c24-22(25,26)20-30-19(31-21(32-20)23(27,28)29)15-11-13-18(14-12-15)33(16-7-3-1-4-8-16)17-9-5-2-6-10-17/h1-14H. The maximum atomic E-state index is 5.98. The molecule has 0 aliphatic carbocycles. The van der Waals surface area contributed by atoms with Crippen LogP contribution in [0.4, 0.5) is 17.1 Å². The third kappa shape index (κ3) is 5.83. The first-order valence-electron chi connectivity index (χ1n) is 9.54. The molecular weight excluding hydrogens is 545 g/mol. The van der Waals surface area contributed by atoms with E-state index in [-0.39, 0.29) is 17.5 Å². The third-order valence-electron chi connectivity index (χ3n) is 4.55. The van der Waals surface area contributed by atoms with Gasteiger partial charge in [-0.1, -0.05) is 106 Å². The number of halogens is 6. The van der Waals surface area contributed by atoms with Crippen LogP contribution < -0.4 is 4.90 Å². The largest absolute Gasteiger partial charge is 0.311 e. The van der Waals surface area contributed by atoms with Crippen LogP contribution in [-0.2, 0) is 7.59 Å². The Morgan fingerprint density at radius 2 is 0.879 bits per heavy atom. The van der Waals surface area contributed by atoms with Crippen LogP contribution in [0.25, 0.3) is 11.4 Å². The molecule has 0 atom stereocenters. The van der Waals surface area contributed by atoms with E-state index in [0.29, 0.717) is 5.56 Å². The first-order valence-corrected chi connectivity index (χ1v) is 11.8. The zero-order chi connectivity index (χ0) is 23.6. The van der Waals surface area contributed by atoms with Crippen molar-refractivity contribution < 1.29 is 0 Å². The lowest BCUT2D eigenvalue weighted by Crippen LogP contribution is -2.16. The molecule has 10 heteroatoms. The van der Waals surface area contributed by atoms with Crippen molar-refractivity contribution in [1.29, 1.82) is 0 Å². The van der Waals surface area contributed by atoms with Crippen LogP contribution >= 0.6 is 69.6 Å². The van der Waals surface area contributed by atoms with E-state index in [0.717, 1.165) is 17.1 Å². The first kappa shape index (κ1) is 24.3. The van der Waals surface area contributed by atoms with Crippen LogP contribution in [0, 0.1) is 0 Å². The number of nitrogens with zero attached hydrogens (tertiary/aromatic N) is 4. The number of para-hydroxylation sites is 2. The molecule has 0 saturated heterocycles. The molecular formula is C23H14Cl6N4. The lowest BCUT2D eigenvalue weighted by atomic mass is 10.1. The average Bonchev–Trinajstić information content (AvgIpc) is 2.80. The van der Waals surface area contributed by atoms with Gasteiger partial charge in [0.05, 0.1) is 0 Å². The van der Waals surface area contributed by atoms with E-state index in [1.807, 2.05) is 84.9 Å². The van der Waals surface area contributed by atoms with Gasteiger partial charge in [-0.15, -0.1) is 0 Å². The molecule has 3 aromatic carbocycles. The number of benzene rings is 3. The number of aromatic nitrogens is 3. The van der Waals surface area contributed by atoms with Crippen LogP contribution in [0.5, 0.6) is 0 Å². The summed E-state index contributed by atoms with van der Waals surface area (Å²) in [5.41, 5.74) is 3.57. The molecule has 4 nitrogen and oxygen atoms in total. The fourth-order valence-electron chi connectivity index (χ4n) is 3.12. The lowest BCUT2D eigenvalue weighted by molar-refractivity contribution is 0.851. The minimum absolute atomic E-state index is 0.141. The third-order valence-corrected chi connectivity index (χ3v) is 5.57. The minimum Gasteiger partial charge on any atom is -0.311 e. The van der Waals surface area contributed by atoms with Crippen molar-refractivity contribution in [3.8, 4) is 11.4 Å². The highest BCUT2D eigenvalue weighted by Gasteiger charge is 2.34. The molecule has 0 aliphatic heterocycles. The number of hydrogen-bond donors (Lipinski definition) is 0. The Bertz CT molecular complexity index is 1150. The van der Waals surface area contributed by atoms with Gasteiger partial charge in [0.2, 0.25) is 7.59 Å². The number of alkyl halides is 6. The van der Waals surface area contributed by atoms with E-state index in [9.17, 15) is 0 Å². The van der Waals surface area contributed by atoms with E-state index < -0.39 is 7.59 Å². The van der Waals surface area contributed by atoms with Crippen LogP contribution in [0.2, 0.25) is 0 Å². The van der Waals surface area contributed by atoms with Crippen molar-refractivity contribution in [3.63, 3.8) is 0 Å². The molecule has 33 heavy (non-hydrogen) atoms. The zero-order valence-electron chi connectivity index (χ0n) is 16.6. The van der Waals surface area contributed by atoms with Gasteiger partial charge in [0.25, 0.3) is 0 Å². The normalized spacial score (nSPS) is 11.9. The van der Waals surface area contributed by atoms with Crippen LogP contribution in [0.3, 0.4) is 0 Å². The smallest absolute Gasteiger partial charge is 0.250 e. The van der Waals surface area contributed by atoms with Crippen molar-refractivity contribution in [1.82, 2.24) is 15.0 Å². The Hall–Kier alpha value is -1.79. The van der Waals surface area contributed by atoms with Crippen molar-refractivity contribution in [3.05, 3.63) is 96.6 Å². The minimum atomic E-state index is -1.92. The van der Waals surface area contributed by atoms with Crippen LogP contribution in [0.1, 0.15) is 11.6 Å². The highest BCUT2D eigenvalue weighted by molar-refractivity contribution is 6.67. The summed E-state index contributed by atoms with van der Waals surface area (Å²) in [6.45, 7) is 0. The van der Waals surface area contributed by atoms with Crippen LogP contribution in [-0.4, -0.2) is 15.0 Å². The van der Waals surface area contributed by atoms with Gasteiger partial charge in [-0.3, -0.25) is 0 Å². The highest BCUT2D eigenvalue weighted by atomic mass is 35.6. The molecule has 168 valence electrons. The predicted octanol–water partition coefficient (Wildman–Crippen LogP) is 8.66. The van der Waals surface area contributed by atoms with Crippen molar-refractivity contribution in [2.24, 2.45) is 0 Å². The summed E-state index contributed by atoms with van der Waals surface area (Å²) in [7, 11) is 0. The highest BCUT2D eigenvalue weighted by Crippen LogP contribution is 2.41. The van der Waals surface area contributed by atoms with E-state index in [1.54, 1.807) is 0 Å². The number of rotatable bonds is 4. The number of hydrogen-bond acceptors (Lipinski definition) is 4. The SMILES string of the molecule is ClC(Cl)(Cl)c1nc(-c2ccc(N(c3ccccc3)c3ccccc3)cc2)nc(C(Cl)(Cl)Cl)n1. The van der Waals surface area contributed by atoms with Crippen molar-refractivity contribution in [2.45, 2.75) is 7.59 Å². The zero-order valence-corrected chi connectivity index (χ0v) is 21.2. The topological polar surface area (TPSA) is 41.9 Å². The molecule has 0 fully saturated rings. The van der Waals surface area contributed by atoms with Gasteiger partial charge in [0, 0.05) is 22.6 Å². The molecule has 0 N–H and O–H groups in total. The molecule has 0 amide bonds. The molecule has 0 saturated carbocycles. The second-order valence-electron chi connectivity index (χ2n) is 6.86. The molecule has 0 bridgehead atoms. The average molecular weight is 559 g/mol. The second-order valence-corrected chi connectivity index (χ2v) is 11.4. The predicted molar refractivity (Wildman–Crippen MR) is 138 cm³/mol. The fraction of sp³-hybridized carbons (Fsp3) is 0.0870. The molecule has 4 rings (SSSR count). The van der Waals surface area contributed by atoms with Gasteiger partial charge < -0.3 is 4.90 Å². The van der Waals surface area contributed by atoms with Gasteiger partial charge in [-0.2, -0.15) is 0 Å².